The summed E-state index contributed by atoms with van der Waals surface area (Å²) in [4.78, 5) is 16.5. The van der Waals surface area contributed by atoms with Crippen LogP contribution < -0.4 is 10.6 Å². The number of carbonyl (C=O) groups is 1. The second-order valence-corrected chi connectivity index (χ2v) is 6.28. The number of hydrogen-bond donors (Lipinski definition) is 2. The molecule has 25 heavy (non-hydrogen) atoms. The Hall–Kier alpha value is -1.60. The van der Waals surface area contributed by atoms with Crippen molar-refractivity contribution in [2.75, 3.05) is 19.6 Å². The van der Waals surface area contributed by atoms with Gasteiger partial charge in [0.25, 0.3) is 5.91 Å². The van der Waals surface area contributed by atoms with Crippen molar-refractivity contribution in [2.24, 2.45) is 0 Å². The Bertz CT molecular complexity index is 783. The first-order valence-corrected chi connectivity index (χ1v) is 8.36. The fourth-order valence-corrected chi connectivity index (χ4v) is 3.05. The van der Waals surface area contributed by atoms with E-state index in [2.05, 4.69) is 26.8 Å². The number of para-hydroxylation sites is 1. The highest BCUT2D eigenvalue weighted by molar-refractivity contribution is 6.37. The van der Waals surface area contributed by atoms with Gasteiger partial charge in [-0.05, 0) is 32.0 Å². The molecule has 0 saturated heterocycles. The van der Waals surface area contributed by atoms with Gasteiger partial charge in [-0.15, -0.1) is 17.5 Å². The predicted molar refractivity (Wildman–Crippen MR) is 101 cm³/mol. The van der Waals surface area contributed by atoms with E-state index in [0.29, 0.717) is 28.1 Å². The molecule has 0 bridgehead atoms. The molecule has 134 valence electrons. The monoisotopic (exact) mass is 401 g/mol. The molecule has 3 rings (SSSR count). The van der Waals surface area contributed by atoms with Crippen LogP contribution in [-0.4, -0.2) is 40.3 Å². The van der Waals surface area contributed by atoms with Crippen LogP contribution in [0.1, 0.15) is 22.9 Å². The zero-order valence-electron chi connectivity index (χ0n) is 13.6. The average Bonchev–Trinajstić information content (AvgIpc) is 2.95. The van der Waals surface area contributed by atoms with E-state index < -0.39 is 0 Å². The predicted octanol–water partition coefficient (Wildman–Crippen LogP) is 2.95. The van der Waals surface area contributed by atoms with Gasteiger partial charge in [0.05, 0.1) is 10.0 Å². The Labute approximate surface area is 162 Å². The average molecular weight is 403 g/mol. The van der Waals surface area contributed by atoms with Gasteiger partial charge in [0, 0.05) is 13.1 Å². The van der Waals surface area contributed by atoms with Crippen LogP contribution in [0.15, 0.2) is 29.8 Å². The summed E-state index contributed by atoms with van der Waals surface area (Å²) in [5, 5.41) is 11.2. The van der Waals surface area contributed by atoms with Gasteiger partial charge >= 0.3 is 0 Å². The lowest BCUT2D eigenvalue weighted by Gasteiger charge is -2.13. The second kappa shape index (κ2) is 8.67. The third-order valence-corrected chi connectivity index (χ3v) is 4.37. The van der Waals surface area contributed by atoms with Gasteiger partial charge < -0.3 is 10.6 Å². The summed E-state index contributed by atoms with van der Waals surface area (Å²) in [7, 11) is 0. The van der Waals surface area contributed by atoms with Crippen LogP contribution in [0.3, 0.4) is 0 Å². The number of rotatable bonds is 4. The fourth-order valence-electron chi connectivity index (χ4n) is 2.49. The standard InChI is InChI=1S/C16H17Cl2N5O.ClH/c1-10-21-15(16(24)20-9-11-5-7-19-8-6-11)22-23(10)14-12(17)3-2-4-13(14)18;/h2-5,19H,6-9H2,1H3,(H,20,24);1H. The number of benzene rings is 1. The van der Waals surface area contributed by atoms with Crippen molar-refractivity contribution >= 4 is 41.5 Å². The van der Waals surface area contributed by atoms with Crippen molar-refractivity contribution in [3.8, 4) is 5.69 Å². The van der Waals surface area contributed by atoms with Crippen LogP contribution in [0.4, 0.5) is 0 Å². The van der Waals surface area contributed by atoms with Crippen LogP contribution >= 0.6 is 35.6 Å². The number of nitrogens with zero attached hydrogens (tertiary/aromatic N) is 3. The summed E-state index contributed by atoms with van der Waals surface area (Å²) >= 11 is 12.4. The number of aromatic nitrogens is 3. The molecule has 2 N–H and O–H groups in total. The first-order chi connectivity index (χ1) is 11.6. The molecular formula is C16H18Cl3N5O. The van der Waals surface area contributed by atoms with Crippen LogP contribution in [0.2, 0.25) is 10.0 Å². The molecule has 0 fully saturated rings. The maximum Gasteiger partial charge on any atom is 0.291 e. The molecule has 1 aromatic heterocycles. The van der Waals surface area contributed by atoms with E-state index in [0.717, 1.165) is 19.5 Å². The van der Waals surface area contributed by atoms with Gasteiger partial charge in [-0.25, -0.2) is 9.67 Å². The fraction of sp³-hybridized carbons (Fsp3) is 0.312. The molecule has 1 aliphatic heterocycles. The summed E-state index contributed by atoms with van der Waals surface area (Å²) in [5.74, 6) is 0.314. The maximum absolute atomic E-state index is 12.3. The van der Waals surface area contributed by atoms with E-state index in [1.165, 1.54) is 10.3 Å². The molecule has 0 saturated carbocycles. The first-order valence-electron chi connectivity index (χ1n) is 7.61. The van der Waals surface area contributed by atoms with Crippen LogP contribution in [0.5, 0.6) is 0 Å². The van der Waals surface area contributed by atoms with Gasteiger partial charge in [0.2, 0.25) is 5.82 Å². The van der Waals surface area contributed by atoms with Gasteiger partial charge in [-0.1, -0.05) is 40.9 Å². The van der Waals surface area contributed by atoms with Crippen LogP contribution in [0.25, 0.3) is 5.69 Å². The molecule has 1 amide bonds. The molecule has 0 radical (unpaired) electrons. The number of hydrogen-bond acceptors (Lipinski definition) is 4. The largest absolute Gasteiger partial charge is 0.346 e. The quantitative estimate of drug-likeness (QED) is 0.771. The van der Waals surface area contributed by atoms with Crippen molar-refractivity contribution < 1.29 is 4.79 Å². The molecule has 1 aliphatic rings. The summed E-state index contributed by atoms with van der Waals surface area (Å²) in [6, 6.07) is 5.18. The lowest BCUT2D eigenvalue weighted by molar-refractivity contribution is 0.0946. The van der Waals surface area contributed by atoms with Crippen molar-refractivity contribution in [2.45, 2.75) is 13.3 Å². The van der Waals surface area contributed by atoms with Gasteiger partial charge in [0.15, 0.2) is 0 Å². The molecule has 0 spiro atoms. The normalized spacial score (nSPS) is 13.8. The molecular weight excluding hydrogens is 385 g/mol. The topological polar surface area (TPSA) is 71.8 Å². The zero-order valence-corrected chi connectivity index (χ0v) is 15.9. The number of aryl methyl sites for hydroxylation is 1. The summed E-state index contributed by atoms with van der Waals surface area (Å²) in [6.07, 6.45) is 3.01. The molecule has 2 aromatic rings. The number of nitrogens with one attached hydrogen (secondary N) is 2. The molecule has 2 heterocycles. The highest BCUT2D eigenvalue weighted by Gasteiger charge is 2.18. The summed E-state index contributed by atoms with van der Waals surface area (Å²) in [5.41, 5.74) is 1.72. The van der Waals surface area contributed by atoms with Crippen molar-refractivity contribution in [3.05, 3.63) is 51.5 Å². The lowest BCUT2D eigenvalue weighted by Crippen LogP contribution is -2.30. The molecule has 0 unspecified atom stereocenters. The molecule has 6 nitrogen and oxygen atoms in total. The van der Waals surface area contributed by atoms with E-state index >= 15 is 0 Å². The number of halogens is 3. The van der Waals surface area contributed by atoms with Crippen LogP contribution in [-0.2, 0) is 0 Å². The third-order valence-electron chi connectivity index (χ3n) is 3.76. The summed E-state index contributed by atoms with van der Waals surface area (Å²) < 4.78 is 1.49. The van der Waals surface area contributed by atoms with E-state index in [-0.39, 0.29) is 24.1 Å². The van der Waals surface area contributed by atoms with Gasteiger partial charge in [0.1, 0.15) is 11.5 Å². The molecule has 0 aliphatic carbocycles. The Balaban J connectivity index is 0.00000225. The van der Waals surface area contributed by atoms with Gasteiger partial charge in [-0.2, -0.15) is 0 Å². The Morgan fingerprint density at radius 2 is 2.08 bits per heavy atom. The minimum absolute atomic E-state index is 0. The second-order valence-electron chi connectivity index (χ2n) is 5.46. The van der Waals surface area contributed by atoms with Crippen molar-refractivity contribution in [1.29, 1.82) is 0 Å². The van der Waals surface area contributed by atoms with Gasteiger partial charge in [-0.3, -0.25) is 4.79 Å². The third kappa shape index (κ3) is 4.52. The highest BCUT2D eigenvalue weighted by atomic mass is 35.5. The number of carbonyl (C=O) groups excluding carboxylic acids is 1. The first kappa shape index (κ1) is 19.7. The van der Waals surface area contributed by atoms with E-state index in [1.807, 2.05) is 0 Å². The van der Waals surface area contributed by atoms with E-state index in [1.54, 1.807) is 25.1 Å². The zero-order chi connectivity index (χ0) is 17.1. The van der Waals surface area contributed by atoms with E-state index in [9.17, 15) is 4.79 Å². The SMILES string of the molecule is Cc1nc(C(=O)NCC2=CCNCC2)nn1-c1c(Cl)cccc1Cl.Cl. The smallest absolute Gasteiger partial charge is 0.291 e. The Morgan fingerprint density at radius 1 is 1.36 bits per heavy atom. The summed E-state index contributed by atoms with van der Waals surface area (Å²) in [6.45, 7) is 4.01. The minimum Gasteiger partial charge on any atom is -0.346 e. The van der Waals surface area contributed by atoms with E-state index in [4.69, 9.17) is 23.2 Å². The van der Waals surface area contributed by atoms with Crippen molar-refractivity contribution in [1.82, 2.24) is 25.4 Å². The Kier molecular flexibility index (Phi) is 6.84. The number of amides is 1. The lowest BCUT2D eigenvalue weighted by atomic mass is 10.1. The maximum atomic E-state index is 12.3. The van der Waals surface area contributed by atoms with Crippen molar-refractivity contribution in [3.63, 3.8) is 0 Å². The Morgan fingerprint density at radius 3 is 2.72 bits per heavy atom. The minimum atomic E-state index is -0.320. The molecule has 1 aromatic carbocycles. The molecule has 0 atom stereocenters. The van der Waals surface area contributed by atoms with Crippen LogP contribution in [0, 0.1) is 6.92 Å². The molecule has 9 heteroatoms. The highest BCUT2D eigenvalue weighted by Crippen LogP contribution is 2.28.